The molecule has 9 nitrogen and oxygen atoms in total. The highest BCUT2D eigenvalue weighted by Crippen LogP contribution is 2.22. The number of piperazine rings is 1. The van der Waals surface area contributed by atoms with E-state index in [1.807, 2.05) is 63.7 Å². The lowest BCUT2D eigenvalue weighted by molar-refractivity contribution is 0.412. The number of imidazole rings is 1. The molecule has 31 heavy (non-hydrogen) atoms. The van der Waals surface area contributed by atoms with E-state index in [1.165, 1.54) is 0 Å². The first-order valence-corrected chi connectivity index (χ1v) is 11.5. The molecule has 4 aromatic rings. The monoisotopic (exact) mass is 434 g/mol. The van der Waals surface area contributed by atoms with E-state index in [1.54, 1.807) is 12.5 Å². The molecule has 0 spiro atoms. The number of pyridine rings is 2. The second-order valence-electron chi connectivity index (χ2n) is 7.20. The van der Waals surface area contributed by atoms with Crippen LogP contribution in [0.25, 0.3) is 17.0 Å². The van der Waals surface area contributed by atoms with Crippen LogP contribution < -0.4 is 10.2 Å². The topological polar surface area (TPSA) is 91.6 Å². The van der Waals surface area contributed by atoms with Gasteiger partial charge in [0.1, 0.15) is 11.5 Å². The van der Waals surface area contributed by atoms with Crippen molar-refractivity contribution < 1.29 is 4.21 Å². The molecule has 0 aromatic carbocycles. The van der Waals surface area contributed by atoms with Gasteiger partial charge in [0.15, 0.2) is 0 Å². The van der Waals surface area contributed by atoms with Crippen LogP contribution in [0.4, 0.5) is 17.5 Å². The quantitative estimate of drug-likeness (QED) is 0.515. The Balaban J connectivity index is 1.30. The standard InChI is InChI=1S/C21H22N8OS/c1-31(30)28-12-10-27(11-13-28)16-5-6-19(23-14-16)26-21-22-8-7-17(25-21)18-15-24-20-4-2-3-9-29(18)20/h2-9,14-15H,10-13H2,1H3,(H,22,23,25,26). The van der Waals surface area contributed by atoms with Crippen molar-refractivity contribution in [2.75, 3.05) is 42.7 Å². The summed E-state index contributed by atoms with van der Waals surface area (Å²) in [6.07, 6.45) is 9.06. The van der Waals surface area contributed by atoms with Gasteiger partial charge < -0.3 is 10.2 Å². The summed E-state index contributed by atoms with van der Waals surface area (Å²) < 4.78 is 15.6. The molecule has 0 saturated carbocycles. The third-order valence-corrected chi connectivity index (χ3v) is 6.38. The Morgan fingerprint density at radius 1 is 0.968 bits per heavy atom. The Bertz CT molecular complexity index is 1220. The smallest absolute Gasteiger partial charge is 0.228 e. The van der Waals surface area contributed by atoms with Gasteiger partial charge in [-0.1, -0.05) is 6.07 Å². The number of rotatable bonds is 5. The number of anilines is 3. The molecule has 158 valence electrons. The van der Waals surface area contributed by atoms with Crippen molar-refractivity contribution in [2.45, 2.75) is 0 Å². The molecule has 5 heterocycles. The number of hydrogen-bond acceptors (Lipinski definition) is 7. The van der Waals surface area contributed by atoms with E-state index >= 15 is 0 Å². The molecule has 1 N–H and O–H groups in total. The fourth-order valence-electron chi connectivity index (χ4n) is 3.65. The van der Waals surface area contributed by atoms with Gasteiger partial charge in [0, 0.05) is 44.8 Å². The summed E-state index contributed by atoms with van der Waals surface area (Å²) in [4.78, 5) is 20.2. The van der Waals surface area contributed by atoms with Gasteiger partial charge in [-0.2, -0.15) is 0 Å². The molecule has 1 atom stereocenters. The van der Waals surface area contributed by atoms with Gasteiger partial charge in [-0.3, -0.25) is 4.40 Å². The number of aromatic nitrogens is 5. The summed E-state index contributed by atoms with van der Waals surface area (Å²) >= 11 is 0. The Kier molecular flexibility index (Phi) is 5.31. The van der Waals surface area contributed by atoms with Gasteiger partial charge in [0.2, 0.25) is 5.95 Å². The van der Waals surface area contributed by atoms with Gasteiger partial charge in [-0.25, -0.2) is 28.5 Å². The van der Waals surface area contributed by atoms with Crippen LogP contribution in [0.2, 0.25) is 0 Å². The van der Waals surface area contributed by atoms with Crippen LogP contribution in [0, 0.1) is 0 Å². The molecule has 1 unspecified atom stereocenters. The molecule has 1 aliphatic heterocycles. The minimum Gasteiger partial charge on any atom is -0.368 e. The lowest BCUT2D eigenvalue weighted by Gasteiger charge is -2.34. The zero-order valence-electron chi connectivity index (χ0n) is 17.0. The molecule has 1 saturated heterocycles. The summed E-state index contributed by atoms with van der Waals surface area (Å²) in [6.45, 7) is 3.23. The highest BCUT2D eigenvalue weighted by atomic mass is 32.2. The third-order valence-electron chi connectivity index (χ3n) is 5.29. The highest BCUT2D eigenvalue weighted by molar-refractivity contribution is 7.81. The van der Waals surface area contributed by atoms with Crippen LogP contribution in [0.15, 0.2) is 61.2 Å². The summed E-state index contributed by atoms with van der Waals surface area (Å²) in [6, 6.07) is 11.7. The van der Waals surface area contributed by atoms with E-state index in [0.717, 1.165) is 48.9 Å². The first-order valence-electron chi connectivity index (χ1n) is 9.99. The van der Waals surface area contributed by atoms with E-state index in [0.29, 0.717) is 11.8 Å². The van der Waals surface area contributed by atoms with Crippen molar-refractivity contribution in [2.24, 2.45) is 0 Å². The molecule has 0 radical (unpaired) electrons. The van der Waals surface area contributed by atoms with Gasteiger partial charge in [0.05, 0.1) is 40.5 Å². The molecule has 0 aliphatic carbocycles. The Morgan fingerprint density at radius 2 is 1.84 bits per heavy atom. The number of fused-ring (bicyclic) bond motifs is 1. The van der Waals surface area contributed by atoms with Crippen LogP contribution in [-0.2, 0) is 11.0 Å². The SMILES string of the molecule is CS(=O)N1CCN(c2ccc(Nc3nccc(-c4cnc5ccccn45)n3)nc2)CC1. The number of nitrogens with one attached hydrogen (secondary N) is 1. The molecule has 0 bridgehead atoms. The van der Waals surface area contributed by atoms with Crippen LogP contribution in [0.5, 0.6) is 0 Å². The maximum Gasteiger partial charge on any atom is 0.228 e. The molecule has 1 aliphatic rings. The van der Waals surface area contributed by atoms with Gasteiger partial charge in [-0.05, 0) is 30.3 Å². The van der Waals surface area contributed by atoms with Crippen molar-refractivity contribution in [3.8, 4) is 11.4 Å². The van der Waals surface area contributed by atoms with Crippen LogP contribution >= 0.6 is 0 Å². The summed E-state index contributed by atoms with van der Waals surface area (Å²) in [5.41, 5.74) is 3.59. The number of hydrogen-bond donors (Lipinski definition) is 1. The van der Waals surface area contributed by atoms with E-state index in [2.05, 4.69) is 30.2 Å². The predicted molar refractivity (Wildman–Crippen MR) is 122 cm³/mol. The Hall–Kier alpha value is -3.37. The summed E-state index contributed by atoms with van der Waals surface area (Å²) in [7, 11) is -0.909. The van der Waals surface area contributed by atoms with Crippen LogP contribution in [-0.4, -0.2) is 65.3 Å². The first-order chi connectivity index (χ1) is 15.2. The third kappa shape index (κ3) is 4.12. The van der Waals surface area contributed by atoms with E-state index < -0.39 is 11.0 Å². The van der Waals surface area contributed by atoms with Gasteiger partial charge in [-0.15, -0.1) is 0 Å². The number of nitrogens with zero attached hydrogens (tertiary/aromatic N) is 7. The Morgan fingerprint density at radius 3 is 2.61 bits per heavy atom. The van der Waals surface area contributed by atoms with Crippen molar-refractivity contribution in [1.82, 2.24) is 28.6 Å². The molecule has 4 aromatic heterocycles. The van der Waals surface area contributed by atoms with Gasteiger partial charge >= 0.3 is 0 Å². The lowest BCUT2D eigenvalue weighted by atomic mass is 10.3. The summed E-state index contributed by atoms with van der Waals surface area (Å²) in [5, 5.41) is 3.18. The minimum atomic E-state index is -0.909. The van der Waals surface area contributed by atoms with Gasteiger partial charge in [0.25, 0.3) is 0 Å². The van der Waals surface area contributed by atoms with Crippen molar-refractivity contribution in [3.05, 3.63) is 61.2 Å². The molecule has 0 amide bonds. The fraction of sp³-hybridized carbons (Fsp3) is 0.238. The zero-order chi connectivity index (χ0) is 21.2. The van der Waals surface area contributed by atoms with Crippen molar-refractivity contribution >= 4 is 34.1 Å². The van der Waals surface area contributed by atoms with E-state index in [4.69, 9.17) is 0 Å². The molecule has 10 heteroatoms. The second kappa shape index (κ2) is 8.40. The van der Waals surface area contributed by atoms with E-state index in [9.17, 15) is 4.21 Å². The fourth-order valence-corrected chi connectivity index (χ4v) is 4.33. The second-order valence-corrected chi connectivity index (χ2v) is 8.57. The van der Waals surface area contributed by atoms with E-state index in [-0.39, 0.29) is 0 Å². The lowest BCUT2D eigenvalue weighted by Crippen LogP contribution is -2.46. The van der Waals surface area contributed by atoms with Crippen molar-refractivity contribution in [1.29, 1.82) is 0 Å². The van der Waals surface area contributed by atoms with Crippen molar-refractivity contribution in [3.63, 3.8) is 0 Å². The molecule has 1 fully saturated rings. The molecule has 5 rings (SSSR count). The Labute approximate surface area is 182 Å². The largest absolute Gasteiger partial charge is 0.368 e. The average molecular weight is 435 g/mol. The normalized spacial score (nSPS) is 15.8. The maximum absolute atomic E-state index is 11.6. The molecular formula is C21H22N8OS. The highest BCUT2D eigenvalue weighted by Gasteiger charge is 2.19. The average Bonchev–Trinajstić information content (AvgIpc) is 3.24. The van der Waals surface area contributed by atoms with Crippen LogP contribution in [0.1, 0.15) is 0 Å². The molecular weight excluding hydrogens is 412 g/mol. The minimum absolute atomic E-state index is 0.475. The summed E-state index contributed by atoms with van der Waals surface area (Å²) in [5.74, 6) is 1.15. The first kappa shape index (κ1) is 19.6. The predicted octanol–water partition coefficient (Wildman–Crippen LogP) is 2.35. The zero-order valence-corrected chi connectivity index (χ0v) is 17.9. The van der Waals surface area contributed by atoms with Crippen LogP contribution in [0.3, 0.4) is 0 Å². The maximum atomic E-state index is 11.6.